The Bertz CT molecular complexity index is 350. The van der Waals surface area contributed by atoms with E-state index in [1.165, 1.54) is 0 Å². The maximum Gasteiger partial charge on any atom is 0.137 e. The molecule has 1 saturated heterocycles. The van der Waals surface area contributed by atoms with Crippen molar-refractivity contribution in [2.75, 3.05) is 40.1 Å². The van der Waals surface area contributed by atoms with E-state index >= 15 is 0 Å². The minimum Gasteiger partial charge on any atom is -0.492 e. The molecule has 2 rings (SSSR count). The Balaban J connectivity index is 1.68. The van der Waals surface area contributed by atoms with Crippen LogP contribution in [-0.4, -0.2) is 45.1 Å². The number of aromatic nitrogens is 1. The zero-order valence-electron chi connectivity index (χ0n) is 11.4. The van der Waals surface area contributed by atoms with Crippen molar-refractivity contribution >= 4 is 0 Å². The molecule has 1 atom stereocenters. The SMILES string of the molecule is COCCNCc1ccc(OCC2CCOC2)cn1. The monoisotopic (exact) mass is 266 g/mol. The third-order valence-corrected chi connectivity index (χ3v) is 3.10. The van der Waals surface area contributed by atoms with E-state index in [2.05, 4.69) is 10.3 Å². The van der Waals surface area contributed by atoms with Gasteiger partial charge in [-0.3, -0.25) is 4.98 Å². The van der Waals surface area contributed by atoms with Gasteiger partial charge >= 0.3 is 0 Å². The molecule has 0 saturated carbocycles. The Morgan fingerprint density at radius 1 is 1.47 bits per heavy atom. The lowest BCUT2D eigenvalue weighted by Gasteiger charge is -2.10. The smallest absolute Gasteiger partial charge is 0.137 e. The van der Waals surface area contributed by atoms with E-state index in [1.54, 1.807) is 13.3 Å². The molecule has 5 heteroatoms. The summed E-state index contributed by atoms with van der Waals surface area (Å²) < 4.78 is 16.0. The van der Waals surface area contributed by atoms with Crippen LogP contribution in [0.5, 0.6) is 5.75 Å². The molecular formula is C14H22N2O3. The van der Waals surface area contributed by atoms with Gasteiger partial charge in [0.25, 0.3) is 0 Å². The van der Waals surface area contributed by atoms with Crippen LogP contribution in [0.4, 0.5) is 0 Å². The molecule has 1 unspecified atom stereocenters. The summed E-state index contributed by atoms with van der Waals surface area (Å²) in [6.45, 7) is 4.68. The van der Waals surface area contributed by atoms with Crippen molar-refractivity contribution < 1.29 is 14.2 Å². The number of nitrogens with one attached hydrogen (secondary N) is 1. The molecule has 1 fully saturated rings. The van der Waals surface area contributed by atoms with Gasteiger partial charge < -0.3 is 19.5 Å². The van der Waals surface area contributed by atoms with E-state index in [0.29, 0.717) is 19.1 Å². The van der Waals surface area contributed by atoms with Crippen LogP contribution in [0.1, 0.15) is 12.1 Å². The molecule has 1 aliphatic rings. The highest BCUT2D eigenvalue weighted by atomic mass is 16.5. The second-order valence-corrected chi connectivity index (χ2v) is 4.70. The van der Waals surface area contributed by atoms with E-state index in [1.807, 2.05) is 12.1 Å². The van der Waals surface area contributed by atoms with E-state index in [0.717, 1.165) is 44.2 Å². The standard InChI is InChI=1S/C14H22N2O3/c1-17-7-5-15-8-13-2-3-14(9-16-13)19-11-12-4-6-18-10-12/h2-3,9,12,15H,4-8,10-11H2,1H3. The lowest BCUT2D eigenvalue weighted by atomic mass is 10.1. The maximum absolute atomic E-state index is 5.71. The second kappa shape index (κ2) is 8.09. The van der Waals surface area contributed by atoms with Crippen molar-refractivity contribution in [1.82, 2.24) is 10.3 Å². The summed E-state index contributed by atoms with van der Waals surface area (Å²) in [7, 11) is 1.70. The Morgan fingerprint density at radius 2 is 2.42 bits per heavy atom. The molecule has 1 aromatic rings. The maximum atomic E-state index is 5.71. The predicted octanol–water partition coefficient (Wildman–Crippen LogP) is 1.23. The van der Waals surface area contributed by atoms with Crippen molar-refractivity contribution in [1.29, 1.82) is 0 Å². The summed E-state index contributed by atoms with van der Waals surface area (Å²) in [6, 6.07) is 3.95. The molecule has 0 bridgehead atoms. The molecule has 106 valence electrons. The number of ether oxygens (including phenoxy) is 3. The number of pyridine rings is 1. The molecule has 1 aromatic heterocycles. The average Bonchev–Trinajstić information content (AvgIpc) is 2.96. The molecule has 19 heavy (non-hydrogen) atoms. The predicted molar refractivity (Wildman–Crippen MR) is 72.2 cm³/mol. The molecule has 0 aromatic carbocycles. The van der Waals surface area contributed by atoms with Gasteiger partial charge in [-0.15, -0.1) is 0 Å². The van der Waals surface area contributed by atoms with Gasteiger partial charge in [0.05, 0.1) is 31.7 Å². The molecule has 1 N–H and O–H groups in total. The van der Waals surface area contributed by atoms with Crippen molar-refractivity contribution in [3.63, 3.8) is 0 Å². The van der Waals surface area contributed by atoms with Crippen molar-refractivity contribution in [3.8, 4) is 5.75 Å². The van der Waals surface area contributed by atoms with Crippen LogP contribution >= 0.6 is 0 Å². The summed E-state index contributed by atoms with van der Waals surface area (Å²) in [5.74, 6) is 1.35. The van der Waals surface area contributed by atoms with Crippen molar-refractivity contribution in [2.45, 2.75) is 13.0 Å². The third-order valence-electron chi connectivity index (χ3n) is 3.10. The van der Waals surface area contributed by atoms with Crippen LogP contribution in [-0.2, 0) is 16.0 Å². The normalized spacial score (nSPS) is 18.7. The van der Waals surface area contributed by atoms with Crippen molar-refractivity contribution in [2.24, 2.45) is 5.92 Å². The molecule has 0 radical (unpaired) electrons. The average molecular weight is 266 g/mol. The summed E-state index contributed by atoms with van der Waals surface area (Å²) in [5, 5.41) is 3.25. The summed E-state index contributed by atoms with van der Waals surface area (Å²) >= 11 is 0. The van der Waals surface area contributed by atoms with Gasteiger partial charge in [0.2, 0.25) is 0 Å². The zero-order valence-corrected chi connectivity index (χ0v) is 11.4. The Kier molecular flexibility index (Phi) is 6.07. The van der Waals surface area contributed by atoms with Crippen LogP contribution in [0.3, 0.4) is 0 Å². The molecule has 5 nitrogen and oxygen atoms in total. The molecular weight excluding hydrogens is 244 g/mol. The van der Waals surface area contributed by atoms with E-state index in [9.17, 15) is 0 Å². The number of hydrogen-bond donors (Lipinski definition) is 1. The van der Waals surface area contributed by atoms with E-state index < -0.39 is 0 Å². The highest BCUT2D eigenvalue weighted by molar-refractivity contribution is 5.19. The Hall–Kier alpha value is -1.17. The first kappa shape index (κ1) is 14.2. The van der Waals surface area contributed by atoms with Gasteiger partial charge in [-0.25, -0.2) is 0 Å². The van der Waals surface area contributed by atoms with Gasteiger partial charge in [0, 0.05) is 32.7 Å². The lowest BCUT2D eigenvalue weighted by molar-refractivity contribution is 0.167. The van der Waals surface area contributed by atoms with Crippen LogP contribution in [0.15, 0.2) is 18.3 Å². The third kappa shape index (κ3) is 5.14. The van der Waals surface area contributed by atoms with Crippen molar-refractivity contribution in [3.05, 3.63) is 24.0 Å². The summed E-state index contributed by atoms with van der Waals surface area (Å²) in [4.78, 5) is 4.36. The number of hydrogen-bond acceptors (Lipinski definition) is 5. The Labute approximate surface area is 114 Å². The fourth-order valence-corrected chi connectivity index (χ4v) is 1.92. The Morgan fingerprint density at radius 3 is 3.11 bits per heavy atom. The molecule has 0 amide bonds. The first-order valence-corrected chi connectivity index (χ1v) is 6.73. The number of methoxy groups -OCH3 is 1. The van der Waals surface area contributed by atoms with Gasteiger partial charge in [-0.2, -0.15) is 0 Å². The van der Waals surface area contributed by atoms with Gasteiger partial charge in [0.15, 0.2) is 0 Å². The highest BCUT2D eigenvalue weighted by Crippen LogP contribution is 2.15. The molecule has 0 aliphatic carbocycles. The molecule has 1 aliphatic heterocycles. The van der Waals surface area contributed by atoms with Gasteiger partial charge in [0.1, 0.15) is 5.75 Å². The van der Waals surface area contributed by atoms with Crippen LogP contribution in [0, 0.1) is 5.92 Å². The number of nitrogens with zero attached hydrogens (tertiary/aromatic N) is 1. The fourth-order valence-electron chi connectivity index (χ4n) is 1.92. The summed E-state index contributed by atoms with van der Waals surface area (Å²) in [5.41, 5.74) is 1.01. The molecule has 2 heterocycles. The van der Waals surface area contributed by atoms with E-state index in [-0.39, 0.29) is 0 Å². The highest BCUT2D eigenvalue weighted by Gasteiger charge is 2.16. The van der Waals surface area contributed by atoms with Gasteiger partial charge in [-0.05, 0) is 18.6 Å². The quantitative estimate of drug-likeness (QED) is 0.717. The largest absolute Gasteiger partial charge is 0.492 e. The zero-order chi connectivity index (χ0) is 13.3. The first-order valence-electron chi connectivity index (χ1n) is 6.73. The van der Waals surface area contributed by atoms with Crippen LogP contribution in [0.25, 0.3) is 0 Å². The summed E-state index contributed by atoms with van der Waals surface area (Å²) in [6.07, 6.45) is 2.87. The second-order valence-electron chi connectivity index (χ2n) is 4.70. The fraction of sp³-hybridized carbons (Fsp3) is 0.643. The topological polar surface area (TPSA) is 52.6 Å². The van der Waals surface area contributed by atoms with Gasteiger partial charge in [-0.1, -0.05) is 0 Å². The minimum atomic E-state index is 0.524. The van der Waals surface area contributed by atoms with Crippen LogP contribution in [0.2, 0.25) is 0 Å². The first-order chi connectivity index (χ1) is 9.38. The molecule has 0 spiro atoms. The lowest BCUT2D eigenvalue weighted by Crippen LogP contribution is -2.19. The van der Waals surface area contributed by atoms with E-state index in [4.69, 9.17) is 14.2 Å². The minimum absolute atomic E-state index is 0.524. The number of rotatable bonds is 8. The van der Waals surface area contributed by atoms with Crippen LogP contribution < -0.4 is 10.1 Å².